The molecular formula is C13H21ClN2O3S. The van der Waals surface area contributed by atoms with Crippen LogP contribution in [0.5, 0.6) is 0 Å². The number of aromatic nitrogens is 1. The van der Waals surface area contributed by atoms with E-state index in [9.17, 15) is 8.42 Å². The first-order valence-electron chi connectivity index (χ1n) is 6.78. The number of alkyl halides is 1. The molecule has 1 fully saturated rings. The Hall–Kier alpha value is -0.560. The van der Waals surface area contributed by atoms with Crippen LogP contribution in [0.4, 0.5) is 0 Å². The highest BCUT2D eigenvalue weighted by Crippen LogP contribution is 2.24. The van der Waals surface area contributed by atoms with E-state index in [0.717, 1.165) is 5.69 Å². The fourth-order valence-electron chi connectivity index (χ4n) is 2.41. The van der Waals surface area contributed by atoms with Crippen molar-refractivity contribution in [1.82, 2.24) is 8.87 Å². The first kappa shape index (κ1) is 15.8. The second-order valence-electron chi connectivity index (χ2n) is 5.15. The summed E-state index contributed by atoms with van der Waals surface area (Å²) in [6, 6.07) is 1.51. The van der Waals surface area contributed by atoms with Crippen molar-refractivity contribution in [3.8, 4) is 0 Å². The Labute approximate surface area is 125 Å². The summed E-state index contributed by atoms with van der Waals surface area (Å²) in [4.78, 5) is 0.316. The number of nitrogens with zero attached hydrogens (tertiary/aromatic N) is 2. The lowest BCUT2D eigenvalue weighted by molar-refractivity contribution is -0.0170. The van der Waals surface area contributed by atoms with Gasteiger partial charge in [-0.2, -0.15) is 4.31 Å². The van der Waals surface area contributed by atoms with Crippen molar-refractivity contribution in [2.75, 3.05) is 13.2 Å². The average molecular weight is 321 g/mol. The van der Waals surface area contributed by atoms with Crippen molar-refractivity contribution in [3.63, 3.8) is 0 Å². The van der Waals surface area contributed by atoms with Gasteiger partial charge in [-0.3, -0.25) is 0 Å². The summed E-state index contributed by atoms with van der Waals surface area (Å²) in [5, 5.41) is 0. The van der Waals surface area contributed by atoms with Gasteiger partial charge in [0.1, 0.15) is 4.90 Å². The molecule has 0 amide bonds. The van der Waals surface area contributed by atoms with Gasteiger partial charge < -0.3 is 9.30 Å². The second kappa shape index (κ2) is 6.05. The number of rotatable bonds is 4. The van der Waals surface area contributed by atoms with Gasteiger partial charge >= 0.3 is 0 Å². The van der Waals surface area contributed by atoms with Crippen LogP contribution in [0.3, 0.4) is 0 Å². The lowest BCUT2D eigenvalue weighted by Crippen LogP contribution is -2.49. The molecule has 0 bridgehead atoms. The Kier molecular flexibility index (Phi) is 4.79. The zero-order chi connectivity index (χ0) is 14.9. The molecule has 0 spiro atoms. The van der Waals surface area contributed by atoms with Crippen molar-refractivity contribution < 1.29 is 13.2 Å². The average Bonchev–Trinajstić information content (AvgIpc) is 2.85. The number of hydrogen-bond acceptors (Lipinski definition) is 3. The molecule has 0 radical (unpaired) electrons. The molecule has 20 heavy (non-hydrogen) atoms. The first-order valence-corrected chi connectivity index (χ1v) is 8.76. The van der Waals surface area contributed by atoms with Gasteiger partial charge in [0.2, 0.25) is 10.0 Å². The summed E-state index contributed by atoms with van der Waals surface area (Å²) in [6.45, 7) is 7.23. The van der Waals surface area contributed by atoms with Crippen molar-refractivity contribution >= 4 is 21.6 Å². The number of halogens is 1. The Bertz CT molecular complexity index is 549. The Morgan fingerprint density at radius 2 is 2.15 bits per heavy atom. The quantitative estimate of drug-likeness (QED) is 0.798. The molecule has 0 aromatic carbocycles. The molecule has 2 heterocycles. The zero-order valence-corrected chi connectivity index (χ0v) is 13.6. The molecule has 2 unspecified atom stereocenters. The molecular weight excluding hydrogens is 300 g/mol. The van der Waals surface area contributed by atoms with E-state index in [4.69, 9.17) is 16.3 Å². The van der Waals surface area contributed by atoms with Gasteiger partial charge in [-0.25, -0.2) is 8.42 Å². The fraction of sp³-hybridized carbons (Fsp3) is 0.692. The monoisotopic (exact) mass is 320 g/mol. The molecule has 7 heteroatoms. The lowest BCUT2D eigenvalue weighted by Gasteiger charge is -2.35. The molecule has 5 nitrogen and oxygen atoms in total. The molecule has 114 valence electrons. The van der Waals surface area contributed by atoms with Crippen LogP contribution >= 0.6 is 11.6 Å². The largest absolute Gasteiger partial charge is 0.375 e. The maximum atomic E-state index is 12.8. The SMILES string of the molecule is CCn1cc(S(=O)(=O)N2CC(C)OCC2C)cc1CCl. The van der Waals surface area contributed by atoms with Gasteiger partial charge in [-0.1, -0.05) is 0 Å². The summed E-state index contributed by atoms with van der Waals surface area (Å²) >= 11 is 5.86. The van der Waals surface area contributed by atoms with Gasteiger partial charge in [0, 0.05) is 31.0 Å². The smallest absolute Gasteiger partial charge is 0.245 e. The normalized spacial score (nSPS) is 25.0. The third-order valence-corrected chi connectivity index (χ3v) is 5.81. The molecule has 0 saturated carbocycles. The van der Waals surface area contributed by atoms with E-state index in [-0.39, 0.29) is 12.1 Å². The standard InChI is InChI=1S/C13H21ClN2O3S/c1-4-15-8-13(5-12(15)6-14)20(17,18)16-7-11(3)19-9-10(16)2/h5,8,10-11H,4,6-7,9H2,1-3H3. The highest BCUT2D eigenvalue weighted by atomic mass is 35.5. The predicted octanol–water partition coefficient (Wildman–Crippen LogP) is 2.04. The van der Waals surface area contributed by atoms with E-state index in [0.29, 0.717) is 30.5 Å². The Morgan fingerprint density at radius 1 is 1.45 bits per heavy atom. The minimum atomic E-state index is -3.49. The minimum Gasteiger partial charge on any atom is -0.375 e. The van der Waals surface area contributed by atoms with E-state index in [1.165, 1.54) is 4.31 Å². The summed E-state index contributed by atoms with van der Waals surface area (Å²) in [6.07, 6.45) is 1.58. The van der Waals surface area contributed by atoms with E-state index < -0.39 is 10.0 Å². The minimum absolute atomic E-state index is 0.0817. The van der Waals surface area contributed by atoms with Crippen molar-refractivity contribution in [1.29, 1.82) is 0 Å². The van der Waals surface area contributed by atoms with Crippen LogP contribution in [0.15, 0.2) is 17.2 Å². The first-order chi connectivity index (χ1) is 9.40. The summed E-state index contributed by atoms with van der Waals surface area (Å²) in [5.41, 5.74) is 0.821. The van der Waals surface area contributed by atoms with Crippen LogP contribution in [-0.2, 0) is 27.2 Å². The maximum Gasteiger partial charge on any atom is 0.245 e. The van der Waals surface area contributed by atoms with Crippen molar-refractivity contribution in [2.45, 2.75) is 50.2 Å². The van der Waals surface area contributed by atoms with Crippen LogP contribution in [-0.4, -0.2) is 42.6 Å². The van der Waals surface area contributed by atoms with Gasteiger partial charge in [0.25, 0.3) is 0 Å². The molecule has 2 rings (SSSR count). The fourth-order valence-corrected chi connectivity index (χ4v) is 4.40. The maximum absolute atomic E-state index is 12.8. The summed E-state index contributed by atoms with van der Waals surface area (Å²) in [5.74, 6) is 0.304. The van der Waals surface area contributed by atoms with E-state index in [1.54, 1.807) is 12.3 Å². The highest BCUT2D eigenvalue weighted by molar-refractivity contribution is 7.89. The van der Waals surface area contributed by atoms with Crippen LogP contribution in [0.2, 0.25) is 0 Å². The Balaban J connectivity index is 2.36. The molecule has 2 atom stereocenters. The van der Waals surface area contributed by atoms with Crippen molar-refractivity contribution in [2.24, 2.45) is 0 Å². The van der Waals surface area contributed by atoms with Crippen LogP contribution in [0.25, 0.3) is 0 Å². The van der Waals surface area contributed by atoms with E-state index >= 15 is 0 Å². The molecule has 1 saturated heterocycles. The predicted molar refractivity (Wildman–Crippen MR) is 78.4 cm³/mol. The molecule has 0 N–H and O–H groups in total. The van der Waals surface area contributed by atoms with Crippen molar-refractivity contribution in [3.05, 3.63) is 18.0 Å². The number of aryl methyl sites for hydroxylation is 1. The van der Waals surface area contributed by atoms with Gasteiger partial charge in [-0.15, -0.1) is 11.6 Å². The van der Waals surface area contributed by atoms with Crippen LogP contribution < -0.4 is 0 Å². The third-order valence-electron chi connectivity index (χ3n) is 3.60. The molecule has 1 aliphatic heterocycles. The van der Waals surface area contributed by atoms with E-state index in [2.05, 4.69) is 0 Å². The molecule has 1 aromatic rings. The van der Waals surface area contributed by atoms with Crippen LogP contribution in [0, 0.1) is 0 Å². The topological polar surface area (TPSA) is 51.5 Å². The number of hydrogen-bond donors (Lipinski definition) is 0. The number of sulfonamides is 1. The second-order valence-corrected chi connectivity index (χ2v) is 7.31. The highest BCUT2D eigenvalue weighted by Gasteiger charge is 2.34. The summed E-state index contributed by atoms with van der Waals surface area (Å²) < 4.78 is 34.4. The summed E-state index contributed by atoms with van der Waals surface area (Å²) in [7, 11) is -3.49. The van der Waals surface area contributed by atoms with Crippen LogP contribution in [0.1, 0.15) is 26.5 Å². The number of ether oxygens (including phenoxy) is 1. The molecule has 1 aliphatic rings. The van der Waals surface area contributed by atoms with Gasteiger partial charge in [0.15, 0.2) is 0 Å². The molecule has 1 aromatic heterocycles. The molecule has 0 aliphatic carbocycles. The number of morpholine rings is 1. The van der Waals surface area contributed by atoms with E-state index in [1.807, 2.05) is 25.3 Å². The zero-order valence-electron chi connectivity index (χ0n) is 12.0. The van der Waals surface area contributed by atoms with Gasteiger partial charge in [-0.05, 0) is 26.8 Å². The lowest BCUT2D eigenvalue weighted by atomic mass is 10.2. The van der Waals surface area contributed by atoms with Gasteiger partial charge in [0.05, 0.1) is 18.6 Å². The Morgan fingerprint density at radius 3 is 2.70 bits per heavy atom. The third kappa shape index (κ3) is 2.88.